The van der Waals surface area contributed by atoms with Gasteiger partial charge in [-0.3, -0.25) is 0 Å². The smallest absolute Gasteiger partial charge is 0.245 e. The van der Waals surface area contributed by atoms with Gasteiger partial charge < -0.3 is 15.3 Å². The fraction of sp³-hybridized carbons (Fsp3) is 0.933. The highest BCUT2D eigenvalue weighted by molar-refractivity contribution is 5.01. The van der Waals surface area contributed by atoms with Crippen LogP contribution in [0, 0.1) is 29.1 Å². The summed E-state index contributed by atoms with van der Waals surface area (Å²) in [6.45, 7) is 13.6. The number of aliphatic hydroxyl groups excluding tert-OH is 3. The summed E-state index contributed by atoms with van der Waals surface area (Å²) in [5.41, 5.74) is 0.931. The van der Waals surface area contributed by atoms with Gasteiger partial charge in [0.1, 0.15) is 0 Å². The van der Waals surface area contributed by atoms with Crippen LogP contribution in [0.2, 0.25) is 0 Å². The lowest BCUT2D eigenvalue weighted by atomic mass is 9.73. The van der Waals surface area contributed by atoms with Crippen LogP contribution in [0.1, 0.15) is 126 Å². The van der Waals surface area contributed by atoms with Crippen molar-refractivity contribution in [3.8, 4) is 0 Å². The van der Waals surface area contributed by atoms with Crippen molar-refractivity contribution in [2.75, 3.05) is 0 Å². The van der Waals surface area contributed by atoms with E-state index in [0.717, 1.165) is 63.9 Å². The second kappa shape index (κ2) is 15.0. The van der Waals surface area contributed by atoms with Gasteiger partial charge >= 0.3 is 0 Å². The van der Waals surface area contributed by atoms with Crippen LogP contribution in [0.5, 0.6) is 0 Å². The number of hydrogen-bond acceptors (Lipinski definition) is 3. The molecule has 0 bridgehead atoms. The van der Waals surface area contributed by atoms with Crippen LogP contribution in [0.25, 0.3) is 0 Å². The van der Waals surface area contributed by atoms with Crippen LogP contribution in [-0.2, 0) is 0 Å². The summed E-state index contributed by atoms with van der Waals surface area (Å²) in [6.07, 6.45) is 9.91. The van der Waals surface area contributed by atoms with Crippen LogP contribution in [0.3, 0.4) is 0 Å². The van der Waals surface area contributed by atoms with E-state index in [4.69, 9.17) is 0 Å². The molecule has 1 fully saturated rings. The van der Waals surface area contributed by atoms with Gasteiger partial charge in [0.2, 0.25) is 5.92 Å². The summed E-state index contributed by atoms with van der Waals surface area (Å²) in [5.74, 6) is -0.705. The molecule has 3 unspecified atom stereocenters. The fourth-order valence-corrected chi connectivity index (χ4v) is 5.66. The van der Waals surface area contributed by atoms with Gasteiger partial charge in [-0.1, -0.05) is 59.1 Å². The third-order valence-electron chi connectivity index (χ3n) is 8.03. The van der Waals surface area contributed by atoms with Crippen molar-refractivity contribution in [2.24, 2.45) is 29.1 Å². The molecule has 5 heteroatoms. The first-order chi connectivity index (χ1) is 16.1. The predicted octanol–water partition coefficient (Wildman–Crippen LogP) is 7.92. The van der Waals surface area contributed by atoms with Crippen LogP contribution < -0.4 is 0 Å². The number of alkyl halides is 2. The monoisotopic (exact) mass is 502 g/mol. The zero-order valence-corrected chi connectivity index (χ0v) is 23.7. The zero-order valence-electron chi connectivity index (χ0n) is 23.7. The molecule has 3 nitrogen and oxygen atoms in total. The first-order valence-electron chi connectivity index (χ1n) is 14.2. The molecule has 0 aromatic rings. The average Bonchev–Trinajstić information content (AvgIpc) is 2.74. The van der Waals surface area contributed by atoms with Gasteiger partial charge in [0.25, 0.3) is 0 Å². The summed E-state index contributed by atoms with van der Waals surface area (Å²) in [7, 11) is 0. The molecule has 4 atom stereocenters. The summed E-state index contributed by atoms with van der Waals surface area (Å²) in [6, 6.07) is 0. The van der Waals surface area contributed by atoms with E-state index < -0.39 is 18.1 Å². The zero-order chi connectivity index (χ0) is 26.8. The number of rotatable bonds is 16. The lowest BCUT2D eigenvalue weighted by Crippen LogP contribution is -2.33. The molecule has 0 aromatic heterocycles. The Balaban J connectivity index is 2.37. The van der Waals surface area contributed by atoms with Gasteiger partial charge in [0.15, 0.2) is 0 Å². The topological polar surface area (TPSA) is 60.7 Å². The highest BCUT2D eigenvalue weighted by Gasteiger charge is 2.31. The Labute approximate surface area is 214 Å². The molecule has 1 rings (SSSR count). The Morgan fingerprint density at radius 3 is 2.03 bits per heavy atom. The number of aliphatic hydroxyl groups is 3. The van der Waals surface area contributed by atoms with E-state index in [1.54, 1.807) is 0 Å². The molecule has 0 amide bonds. The van der Waals surface area contributed by atoms with E-state index in [1.165, 1.54) is 0 Å². The van der Waals surface area contributed by atoms with E-state index >= 15 is 0 Å². The highest BCUT2D eigenvalue weighted by atomic mass is 19.3. The largest absolute Gasteiger partial charge is 0.393 e. The van der Waals surface area contributed by atoms with Crippen molar-refractivity contribution in [1.82, 2.24) is 0 Å². The van der Waals surface area contributed by atoms with Crippen LogP contribution in [0.4, 0.5) is 8.78 Å². The number of halogens is 2. The molecular formula is C30H56F2O3. The molecule has 3 N–H and O–H groups in total. The summed E-state index contributed by atoms with van der Waals surface area (Å²) in [4.78, 5) is 0. The second-order valence-electron chi connectivity index (χ2n) is 13.2. The van der Waals surface area contributed by atoms with Crippen molar-refractivity contribution in [2.45, 2.75) is 150 Å². The third kappa shape index (κ3) is 14.7. The molecule has 0 spiro atoms. The predicted molar refractivity (Wildman–Crippen MR) is 143 cm³/mol. The molecule has 0 aliphatic heterocycles. The first kappa shape index (κ1) is 32.5. The molecule has 1 aliphatic rings. The molecule has 0 aromatic carbocycles. The normalized spacial score (nSPS) is 23.9. The van der Waals surface area contributed by atoms with E-state index in [1.807, 2.05) is 6.92 Å². The Morgan fingerprint density at radius 1 is 0.886 bits per heavy atom. The van der Waals surface area contributed by atoms with Crippen LogP contribution >= 0.6 is 0 Å². The molecule has 208 valence electrons. The SMILES string of the molecule is C/C(=C\C(C)CC1CCC(C(O)CCC(C)(C)CC(O)[C@@H](O)CCC(C)C)CC1)CCC(C)(F)F. The summed E-state index contributed by atoms with van der Waals surface area (Å²) < 4.78 is 26.2. The second-order valence-corrected chi connectivity index (χ2v) is 13.2. The number of allylic oxidation sites excluding steroid dienone is 2. The van der Waals surface area contributed by atoms with Crippen molar-refractivity contribution < 1.29 is 24.1 Å². The third-order valence-corrected chi connectivity index (χ3v) is 8.03. The maximum Gasteiger partial charge on any atom is 0.245 e. The van der Waals surface area contributed by atoms with Gasteiger partial charge in [-0.2, -0.15) is 0 Å². The summed E-state index contributed by atoms with van der Waals surface area (Å²) >= 11 is 0. The lowest BCUT2D eigenvalue weighted by molar-refractivity contribution is -0.0180. The van der Waals surface area contributed by atoms with Crippen LogP contribution in [-0.4, -0.2) is 39.6 Å². The molecule has 1 aliphatic carbocycles. The van der Waals surface area contributed by atoms with E-state index in [9.17, 15) is 24.1 Å². The highest BCUT2D eigenvalue weighted by Crippen LogP contribution is 2.38. The van der Waals surface area contributed by atoms with Gasteiger partial charge in [-0.25, -0.2) is 8.78 Å². The number of hydrogen-bond donors (Lipinski definition) is 3. The van der Waals surface area contributed by atoms with Crippen molar-refractivity contribution >= 4 is 0 Å². The molecule has 0 saturated heterocycles. The maximum absolute atomic E-state index is 13.1. The van der Waals surface area contributed by atoms with Crippen molar-refractivity contribution in [3.63, 3.8) is 0 Å². The molecule has 1 saturated carbocycles. The summed E-state index contributed by atoms with van der Waals surface area (Å²) in [5, 5.41) is 31.6. The first-order valence-corrected chi connectivity index (χ1v) is 14.2. The van der Waals surface area contributed by atoms with Gasteiger partial charge in [0, 0.05) is 6.42 Å². The van der Waals surface area contributed by atoms with Gasteiger partial charge in [-0.15, -0.1) is 0 Å². The standard InChI is InChI=1S/C30H56F2O3/c1-21(2)8-13-27(34)28(35)20-29(5,6)16-15-26(33)25-11-9-24(10-12-25)19-23(4)18-22(3)14-17-30(7,31)32/h18,21,23-28,33-35H,8-17,19-20H2,1-7H3/b22-18+/t23?,24?,25?,26?,27-,28?/m0/s1. The van der Waals surface area contributed by atoms with E-state index in [-0.39, 0.29) is 17.9 Å². The Kier molecular flexibility index (Phi) is 14.0. The minimum atomic E-state index is -2.60. The Hall–Kier alpha value is -0.520. The quantitative estimate of drug-likeness (QED) is 0.188. The van der Waals surface area contributed by atoms with Crippen molar-refractivity contribution in [3.05, 3.63) is 11.6 Å². The molecule has 35 heavy (non-hydrogen) atoms. The van der Waals surface area contributed by atoms with Crippen molar-refractivity contribution in [1.29, 1.82) is 0 Å². The van der Waals surface area contributed by atoms with Gasteiger partial charge in [0.05, 0.1) is 18.3 Å². The minimum Gasteiger partial charge on any atom is -0.393 e. The lowest BCUT2D eigenvalue weighted by Gasteiger charge is -2.35. The Bertz CT molecular complexity index is 603. The molecular weight excluding hydrogens is 446 g/mol. The maximum atomic E-state index is 13.1. The Morgan fingerprint density at radius 2 is 1.49 bits per heavy atom. The fourth-order valence-electron chi connectivity index (χ4n) is 5.66. The van der Waals surface area contributed by atoms with Gasteiger partial charge in [-0.05, 0) is 101 Å². The minimum absolute atomic E-state index is 0.0838. The van der Waals surface area contributed by atoms with E-state index in [0.29, 0.717) is 42.9 Å². The average molecular weight is 503 g/mol. The van der Waals surface area contributed by atoms with Crippen LogP contribution in [0.15, 0.2) is 11.6 Å². The molecule has 0 radical (unpaired) electrons. The van der Waals surface area contributed by atoms with E-state index in [2.05, 4.69) is 40.7 Å². The molecule has 0 heterocycles.